The summed E-state index contributed by atoms with van der Waals surface area (Å²) in [6.07, 6.45) is 6.65. The van der Waals surface area contributed by atoms with E-state index in [0.717, 1.165) is 47.4 Å². The zero-order valence-corrected chi connectivity index (χ0v) is 19.8. The molecule has 10 heteroatoms. The average Bonchev–Trinajstić information content (AvgIpc) is 3.38. The highest BCUT2D eigenvalue weighted by molar-refractivity contribution is 9.10. The van der Waals surface area contributed by atoms with Crippen LogP contribution >= 0.6 is 15.9 Å². The summed E-state index contributed by atoms with van der Waals surface area (Å²) in [5, 5.41) is 13.6. The van der Waals surface area contributed by atoms with Crippen molar-refractivity contribution < 1.29 is 9.47 Å². The van der Waals surface area contributed by atoms with Gasteiger partial charge in [-0.15, -0.1) is 0 Å². The van der Waals surface area contributed by atoms with E-state index in [-0.39, 0.29) is 6.04 Å². The largest absolute Gasteiger partial charge is 0.497 e. The number of ether oxygens (including phenoxy) is 2. The lowest BCUT2D eigenvalue weighted by Gasteiger charge is -2.23. The Morgan fingerprint density at radius 2 is 2.09 bits per heavy atom. The van der Waals surface area contributed by atoms with Crippen LogP contribution in [-0.2, 0) is 20.0 Å². The number of nitrogens with one attached hydrogen (secondary N) is 1. The first kappa shape index (κ1) is 20.7. The highest BCUT2D eigenvalue weighted by atomic mass is 79.9. The van der Waals surface area contributed by atoms with Crippen LogP contribution in [-0.4, -0.2) is 43.7 Å². The van der Waals surface area contributed by atoms with Gasteiger partial charge in [-0.05, 0) is 47.3 Å². The van der Waals surface area contributed by atoms with Crippen LogP contribution in [0.1, 0.15) is 35.7 Å². The lowest BCUT2D eigenvalue weighted by molar-refractivity contribution is 0.391. The van der Waals surface area contributed by atoms with Crippen molar-refractivity contribution in [2.75, 3.05) is 19.5 Å². The lowest BCUT2D eigenvalue weighted by atomic mass is 9.93. The summed E-state index contributed by atoms with van der Waals surface area (Å²) >= 11 is 3.64. The third-order valence-electron chi connectivity index (χ3n) is 6.03. The van der Waals surface area contributed by atoms with Gasteiger partial charge >= 0.3 is 0 Å². The second-order valence-electron chi connectivity index (χ2n) is 7.77. The van der Waals surface area contributed by atoms with Gasteiger partial charge in [-0.25, -0.2) is 14.6 Å². The molecule has 0 radical (unpaired) electrons. The minimum absolute atomic E-state index is 0.102. The summed E-state index contributed by atoms with van der Waals surface area (Å²) in [5.41, 5.74) is 4.26. The molecule has 1 N–H and O–H groups in total. The minimum atomic E-state index is 0.102. The predicted molar refractivity (Wildman–Crippen MR) is 124 cm³/mol. The second-order valence-corrected chi connectivity index (χ2v) is 8.52. The Kier molecular flexibility index (Phi) is 5.46. The highest BCUT2D eigenvalue weighted by Crippen LogP contribution is 2.37. The fourth-order valence-electron chi connectivity index (χ4n) is 4.40. The molecule has 3 aromatic heterocycles. The number of halogens is 1. The van der Waals surface area contributed by atoms with Crippen LogP contribution < -0.4 is 14.8 Å². The van der Waals surface area contributed by atoms with Crippen molar-refractivity contribution in [3.63, 3.8) is 0 Å². The van der Waals surface area contributed by atoms with E-state index in [9.17, 15) is 0 Å². The van der Waals surface area contributed by atoms with Crippen molar-refractivity contribution in [3.05, 3.63) is 52.1 Å². The van der Waals surface area contributed by atoms with Crippen LogP contribution in [0.3, 0.4) is 0 Å². The molecule has 3 heterocycles. The Labute approximate surface area is 193 Å². The number of hydrogen-bond donors (Lipinski definition) is 1. The van der Waals surface area contributed by atoms with E-state index in [2.05, 4.69) is 36.3 Å². The van der Waals surface area contributed by atoms with E-state index in [1.165, 1.54) is 11.3 Å². The van der Waals surface area contributed by atoms with Crippen LogP contribution in [0, 0.1) is 0 Å². The number of methoxy groups -OCH3 is 2. The van der Waals surface area contributed by atoms with Crippen molar-refractivity contribution in [3.8, 4) is 11.5 Å². The first-order valence-electron chi connectivity index (χ1n) is 10.4. The van der Waals surface area contributed by atoms with Crippen LogP contribution in [0.4, 0.5) is 5.82 Å². The van der Waals surface area contributed by atoms with Crippen LogP contribution in [0.2, 0.25) is 0 Å². The minimum Gasteiger partial charge on any atom is -0.497 e. The molecule has 0 amide bonds. The zero-order chi connectivity index (χ0) is 22.2. The molecule has 4 aromatic rings. The molecule has 0 saturated heterocycles. The normalized spacial score (nSPS) is 15.6. The fourth-order valence-corrected chi connectivity index (χ4v) is 4.93. The summed E-state index contributed by atoms with van der Waals surface area (Å²) in [7, 11) is 5.29. The first-order chi connectivity index (χ1) is 15.6. The third kappa shape index (κ3) is 3.48. The van der Waals surface area contributed by atoms with E-state index in [4.69, 9.17) is 14.6 Å². The monoisotopic (exact) mass is 497 g/mol. The third-order valence-corrected chi connectivity index (χ3v) is 6.58. The van der Waals surface area contributed by atoms with E-state index >= 15 is 0 Å². The Morgan fingerprint density at radius 3 is 2.91 bits per heavy atom. The Balaban J connectivity index is 1.49. The van der Waals surface area contributed by atoms with Crippen molar-refractivity contribution in [2.24, 2.45) is 7.05 Å². The van der Waals surface area contributed by atoms with Crippen LogP contribution in [0.15, 0.2) is 35.3 Å². The van der Waals surface area contributed by atoms with Gasteiger partial charge in [-0.2, -0.15) is 10.2 Å². The van der Waals surface area contributed by atoms with Crippen LogP contribution in [0.5, 0.6) is 11.5 Å². The van der Waals surface area contributed by atoms with Gasteiger partial charge in [0.15, 0.2) is 5.65 Å². The molecule has 1 atom stereocenters. The Morgan fingerprint density at radius 1 is 1.22 bits per heavy atom. The SMILES string of the molecule is COc1ccc(CNc2ncnc3c2c(Br)nn3C2CCCc3c2cnn3C)c(OC)c1. The molecule has 0 aliphatic heterocycles. The molecule has 1 aromatic carbocycles. The number of benzene rings is 1. The molecule has 5 rings (SSSR count). The van der Waals surface area contributed by atoms with Crippen molar-refractivity contribution >= 4 is 32.8 Å². The number of rotatable bonds is 6. The number of anilines is 1. The molecule has 1 unspecified atom stereocenters. The molecular weight excluding hydrogens is 474 g/mol. The first-order valence-corrected chi connectivity index (χ1v) is 11.2. The average molecular weight is 498 g/mol. The van der Waals surface area contributed by atoms with Gasteiger partial charge in [0.25, 0.3) is 0 Å². The summed E-state index contributed by atoms with van der Waals surface area (Å²) in [6.45, 7) is 0.535. The maximum absolute atomic E-state index is 5.52. The van der Waals surface area contributed by atoms with E-state index in [1.807, 2.05) is 40.8 Å². The molecule has 0 saturated carbocycles. The Hall–Kier alpha value is -3.14. The molecule has 1 aliphatic rings. The molecule has 0 spiro atoms. The quantitative estimate of drug-likeness (QED) is 0.432. The lowest BCUT2D eigenvalue weighted by Crippen LogP contribution is -2.19. The van der Waals surface area contributed by atoms with E-state index in [0.29, 0.717) is 17.0 Å². The summed E-state index contributed by atoms with van der Waals surface area (Å²) < 4.78 is 15.5. The van der Waals surface area contributed by atoms with Gasteiger partial charge in [-0.1, -0.05) is 0 Å². The van der Waals surface area contributed by atoms with Crippen molar-refractivity contribution in [1.29, 1.82) is 0 Å². The smallest absolute Gasteiger partial charge is 0.165 e. The predicted octanol–water partition coefficient (Wildman–Crippen LogP) is 3.88. The molecular formula is C22H24BrN7O2. The number of nitrogens with zero attached hydrogens (tertiary/aromatic N) is 6. The van der Waals surface area contributed by atoms with Gasteiger partial charge in [0.1, 0.15) is 28.2 Å². The second kappa shape index (κ2) is 8.42. The van der Waals surface area contributed by atoms with Crippen LogP contribution in [0.25, 0.3) is 11.0 Å². The van der Waals surface area contributed by atoms with E-state index in [1.54, 1.807) is 20.5 Å². The van der Waals surface area contributed by atoms with E-state index < -0.39 is 0 Å². The summed E-state index contributed by atoms with van der Waals surface area (Å²) in [6, 6.07) is 5.87. The zero-order valence-electron chi connectivity index (χ0n) is 18.2. The molecule has 32 heavy (non-hydrogen) atoms. The number of aromatic nitrogens is 6. The molecule has 9 nitrogen and oxygen atoms in total. The summed E-state index contributed by atoms with van der Waals surface area (Å²) in [4.78, 5) is 9.07. The maximum Gasteiger partial charge on any atom is 0.165 e. The standard InChI is InChI=1S/C22H24BrN7O2/c1-29-16-5-4-6-17(15(16)11-27-29)30-22-19(20(23)28-30)21(25-12-26-22)24-10-13-7-8-14(31-2)9-18(13)32-3/h7-9,11-12,17H,4-6,10H2,1-3H3,(H,24,25,26). The molecule has 166 valence electrons. The van der Waals surface area contributed by atoms with Crippen molar-refractivity contribution in [2.45, 2.75) is 31.8 Å². The van der Waals surface area contributed by atoms with Gasteiger partial charge in [0.2, 0.25) is 0 Å². The molecule has 0 bridgehead atoms. The topological polar surface area (TPSA) is 91.9 Å². The number of hydrogen-bond acceptors (Lipinski definition) is 7. The maximum atomic E-state index is 5.52. The fraction of sp³-hybridized carbons (Fsp3) is 0.364. The number of fused-ring (bicyclic) bond motifs is 2. The van der Waals surface area contributed by atoms with Gasteiger partial charge in [0, 0.05) is 36.5 Å². The Bertz CT molecular complexity index is 1280. The molecule has 1 aliphatic carbocycles. The van der Waals surface area contributed by atoms with Crippen molar-refractivity contribution in [1.82, 2.24) is 29.5 Å². The highest BCUT2D eigenvalue weighted by Gasteiger charge is 2.28. The van der Waals surface area contributed by atoms with Gasteiger partial charge < -0.3 is 14.8 Å². The summed E-state index contributed by atoms with van der Waals surface area (Å²) in [5.74, 6) is 2.22. The number of aryl methyl sites for hydroxylation is 1. The van der Waals surface area contributed by atoms with Gasteiger partial charge in [-0.3, -0.25) is 4.68 Å². The molecule has 0 fully saturated rings. The van der Waals surface area contributed by atoms with Gasteiger partial charge in [0.05, 0.1) is 31.8 Å².